The molecule has 0 aromatic heterocycles. The average molecular weight is 446 g/mol. The van der Waals surface area contributed by atoms with E-state index in [0.717, 1.165) is 11.3 Å². The molecule has 1 unspecified atom stereocenters. The summed E-state index contributed by atoms with van der Waals surface area (Å²) < 4.78 is 33.7. The van der Waals surface area contributed by atoms with Gasteiger partial charge in [-0.1, -0.05) is 19.9 Å². The number of methoxy groups -OCH3 is 1. The quantitative estimate of drug-likeness (QED) is 0.682. The number of carbonyl (C=O) groups is 2. The lowest BCUT2D eigenvalue weighted by Crippen LogP contribution is -2.47. The van der Waals surface area contributed by atoms with E-state index in [9.17, 15) is 18.0 Å². The van der Waals surface area contributed by atoms with Gasteiger partial charge < -0.3 is 15.0 Å². The fourth-order valence-electron chi connectivity index (χ4n) is 3.52. The number of nitrogens with one attached hydrogen (secondary N) is 2. The van der Waals surface area contributed by atoms with E-state index in [4.69, 9.17) is 4.74 Å². The van der Waals surface area contributed by atoms with Gasteiger partial charge in [-0.2, -0.15) is 4.72 Å². The molecule has 9 heteroatoms. The van der Waals surface area contributed by atoms with Crippen molar-refractivity contribution in [1.29, 1.82) is 0 Å². The van der Waals surface area contributed by atoms with E-state index in [1.165, 1.54) is 20.1 Å². The molecule has 0 bridgehead atoms. The van der Waals surface area contributed by atoms with Crippen molar-refractivity contribution in [3.63, 3.8) is 0 Å². The highest BCUT2D eigenvalue weighted by molar-refractivity contribution is 7.89. The first kappa shape index (κ1) is 22.8. The second kappa shape index (κ2) is 9.07. The van der Waals surface area contributed by atoms with Gasteiger partial charge in [-0.15, -0.1) is 0 Å². The Bertz CT molecular complexity index is 1100. The summed E-state index contributed by atoms with van der Waals surface area (Å²) in [4.78, 5) is 26.3. The van der Waals surface area contributed by atoms with Crippen LogP contribution in [0.25, 0.3) is 0 Å². The maximum Gasteiger partial charge on any atom is 0.242 e. The van der Waals surface area contributed by atoms with Crippen LogP contribution in [-0.2, 0) is 26.0 Å². The van der Waals surface area contributed by atoms with Crippen LogP contribution in [0.15, 0.2) is 47.4 Å². The largest absolute Gasteiger partial charge is 0.497 e. The summed E-state index contributed by atoms with van der Waals surface area (Å²) in [5.41, 5.74) is 2.03. The topological polar surface area (TPSA) is 105 Å². The highest BCUT2D eigenvalue weighted by Crippen LogP contribution is 2.30. The molecule has 8 nitrogen and oxygen atoms in total. The molecule has 2 aromatic carbocycles. The monoisotopic (exact) mass is 445 g/mol. The third-order valence-electron chi connectivity index (χ3n) is 5.21. The van der Waals surface area contributed by atoms with Crippen LogP contribution in [0.4, 0.5) is 11.4 Å². The molecule has 0 saturated heterocycles. The van der Waals surface area contributed by atoms with E-state index in [1.807, 2.05) is 0 Å². The summed E-state index contributed by atoms with van der Waals surface area (Å²) in [6, 6.07) is 10.5. The van der Waals surface area contributed by atoms with E-state index >= 15 is 0 Å². The molecular weight excluding hydrogens is 418 g/mol. The van der Waals surface area contributed by atoms with Crippen molar-refractivity contribution < 1.29 is 22.7 Å². The minimum absolute atomic E-state index is 0.0662. The fourth-order valence-corrected chi connectivity index (χ4v) is 4.91. The Hall–Kier alpha value is -2.91. The van der Waals surface area contributed by atoms with Crippen LogP contribution in [0.1, 0.15) is 26.3 Å². The number of sulfonamides is 1. The Kier molecular flexibility index (Phi) is 6.66. The van der Waals surface area contributed by atoms with E-state index < -0.39 is 22.0 Å². The summed E-state index contributed by atoms with van der Waals surface area (Å²) in [7, 11) is -2.43. The number of carbonyl (C=O) groups excluding carboxylic acids is 2. The van der Waals surface area contributed by atoms with Gasteiger partial charge >= 0.3 is 0 Å². The number of rotatable bonds is 7. The molecule has 0 radical (unpaired) electrons. The summed E-state index contributed by atoms with van der Waals surface area (Å²) in [6.45, 7) is 5.55. The summed E-state index contributed by atoms with van der Waals surface area (Å²) in [5.74, 6) is -0.252. The molecule has 0 saturated carbocycles. The molecule has 2 amide bonds. The second-order valence-corrected chi connectivity index (χ2v) is 9.49. The van der Waals surface area contributed by atoms with Gasteiger partial charge in [0, 0.05) is 30.9 Å². The molecule has 2 N–H and O–H groups in total. The van der Waals surface area contributed by atoms with Gasteiger partial charge in [0.25, 0.3) is 0 Å². The van der Waals surface area contributed by atoms with Crippen molar-refractivity contribution in [2.75, 3.05) is 23.9 Å². The first-order valence-electron chi connectivity index (χ1n) is 10.0. The molecule has 0 fully saturated rings. The summed E-state index contributed by atoms with van der Waals surface area (Å²) in [5, 5.41) is 2.74. The van der Waals surface area contributed by atoms with E-state index in [1.54, 1.807) is 55.1 Å². The molecular formula is C22H27N3O5S. The number of amides is 2. The Labute approximate surface area is 182 Å². The molecule has 2 aromatic rings. The van der Waals surface area contributed by atoms with Gasteiger partial charge in [-0.05, 0) is 48.2 Å². The van der Waals surface area contributed by atoms with Crippen molar-refractivity contribution in [1.82, 2.24) is 4.72 Å². The lowest BCUT2D eigenvalue weighted by molar-refractivity contribution is -0.118. The Morgan fingerprint density at radius 2 is 1.87 bits per heavy atom. The zero-order valence-corrected chi connectivity index (χ0v) is 18.8. The van der Waals surface area contributed by atoms with Gasteiger partial charge in [0.1, 0.15) is 11.8 Å². The SMILES string of the molecule is COc1cccc(NC(=O)C(NS(=O)(=O)c2ccc3c(c2)CCN3C(C)=O)C(C)C)c1. The smallest absolute Gasteiger partial charge is 0.242 e. The number of fused-ring (bicyclic) bond motifs is 1. The molecule has 166 valence electrons. The summed E-state index contributed by atoms with van der Waals surface area (Å²) in [6.07, 6.45) is 0.586. The van der Waals surface area contributed by atoms with E-state index in [0.29, 0.717) is 24.4 Å². The predicted molar refractivity (Wildman–Crippen MR) is 119 cm³/mol. The van der Waals surface area contributed by atoms with E-state index in [-0.39, 0.29) is 16.7 Å². The standard InChI is InChI=1S/C22H27N3O5S/c1-14(2)21(22(27)23-17-6-5-7-18(13-17)30-4)24-31(28,29)19-8-9-20-16(12-19)10-11-25(20)15(3)26/h5-9,12-14,21,24H,10-11H2,1-4H3,(H,23,27). The van der Waals surface area contributed by atoms with Gasteiger partial charge in [0.05, 0.1) is 12.0 Å². The molecule has 1 heterocycles. The molecule has 1 atom stereocenters. The molecule has 3 rings (SSSR count). The van der Waals surface area contributed by atoms with Crippen molar-refractivity contribution in [3.8, 4) is 5.75 Å². The number of anilines is 2. The van der Waals surface area contributed by atoms with Crippen LogP contribution in [-0.4, -0.2) is 39.9 Å². The van der Waals surface area contributed by atoms with Crippen molar-refractivity contribution in [2.45, 2.75) is 38.1 Å². The zero-order valence-electron chi connectivity index (χ0n) is 18.0. The van der Waals surface area contributed by atoms with Crippen molar-refractivity contribution in [3.05, 3.63) is 48.0 Å². The molecule has 31 heavy (non-hydrogen) atoms. The van der Waals surface area contributed by atoms with Crippen molar-refractivity contribution >= 4 is 33.2 Å². The molecule has 0 spiro atoms. The normalized spacial score (nSPS) is 14.3. The molecule has 0 aliphatic carbocycles. The van der Waals surface area contributed by atoms with Crippen molar-refractivity contribution in [2.24, 2.45) is 5.92 Å². The Morgan fingerprint density at radius 3 is 2.52 bits per heavy atom. The number of benzene rings is 2. The van der Waals surface area contributed by atoms with Crippen LogP contribution in [0, 0.1) is 5.92 Å². The Balaban J connectivity index is 1.80. The van der Waals surface area contributed by atoms with Crippen LogP contribution in [0.3, 0.4) is 0 Å². The number of hydrogen-bond acceptors (Lipinski definition) is 5. The average Bonchev–Trinajstić information content (AvgIpc) is 3.15. The van der Waals surface area contributed by atoms with Crippen LogP contribution in [0.5, 0.6) is 5.75 Å². The highest BCUT2D eigenvalue weighted by Gasteiger charge is 2.30. The zero-order chi connectivity index (χ0) is 22.8. The maximum absolute atomic E-state index is 13.0. The van der Waals surface area contributed by atoms with E-state index in [2.05, 4.69) is 10.0 Å². The minimum Gasteiger partial charge on any atom is -0.497 e. The lowest BCUT2D eigenvalue weighted by Gasteiger charge is -2.22. The molecule has 1 aliphatic rings. The van der Waals surface area contributed by atoms with Gasteiger partial charge in [0.2, 0.25) is 21.8 Å². The van der Waals surface area contributed by atoms with Gasteiger partial charge in [0.15, 0.2) is 0 Å². The summed E-state index contributed by atoms with van der Waals surface area (Å²) >= 11 is 0. The van der Waals surface area contributed by atoms with Crippen LogP contribution < -0.4 is 19.7 Å². The second-order valence-electron chi connectivity index (χ2n) is 7.78. The predicted octanol–water partition coefficient (Wildman–Crippen LogP) is 2.55. The third-order valence-corrected chi connectivity index (χ3v) is 6.64. The van der Waals surface area contributed by atoms with Gasteiger partial charge in [-0.3, -0.25) is 9.59 Å². The maximum atomic E-state index is 13.0. The number of ether oxygens (including phenoxy) is 1. The third kappa shape index (κ3) is 5.05. The fraction of sp³-hybridized carbons (Fsp3) is 0.364. The van der Waals surface area contributed by atoms with Crippen LogP contribution in [0.2, 0.25) is 0 Å². The van der Waals surface area contributed by atoms with Gasteiger partial charge in [-0.25, -0.2) is 8.42 Å². The number of nitrogens with zero attached hydrogens (tertiary/aromatic N) is 1. The first-order valence-corrected chi connectivity index (χ1v) is 11.5. The number of hydrogen-bond donors (Lipinski definition) is 2. The first-order chi connectivity index (χ1) is 14.6. The van der Waals surface area contributed by atoms with Crippen LogP contribution >= 0.6 is 0 Å². The lowest BCUT2D eigenvalue weighted by atomic mass is 10.0. The minimum atomic E-state index is -3.95. The Morgan fingerprint density at radius 1 is 1.13 bits per heavy atom. The molecule has 1 aliphatic heterocycles. The highest BCUT2D eigenvalue weighted by atomic mass is 32.2.